The fraction of sp³-hybridized carbons (Fsp3) is 0.185. The Balaban J connectivity index is 1.65. The van der Waals surface area contributed by atoms with Crippen molar-refractivity contribution in [1.29, 1.82) is 0 Å². The van der Waals surface area contributed by atoms with Gasteiger partial charge in [0.2, 0.25) is 5.91 Å². The van der Waals surface area contributed by atoms with E-state index in [0.717, 1.165) is 5.56 Å². The van der Waals surface area contributed by atoms with Gasteiger partial charge in [0.1, 0.15) is 0 Å². The second-order valence-corrected chi connectivity index (χ2v) is 7.62. The van der Waals surface area contributed by atoms with Crippen LogP contribution in [0.25, 0.3) is 0 Å². The van der Waals surface area contributed by atoms with Gasteiger partial charge in [-0.15, -0.1) is 0 Å². The summed E-state index contributed by atoms with van der Waals surface area (Å²) in [5.41, 5.74) is 4.38. The zero-order valence-electron chi connectivity index (χ0n) is 19.7. The number of ether oxygens (including phenoxy) is 2. The van der Waals surface area contributed by atoms with Crippen LogP contribution in [0, 0.1) is 0 Å². The molecule has 0 saturated heterocycles. The highest BCUT2D eigenvalue weighted by Gasteiger charge is 2.19. The Morgan fingerprint density at radius 2 is 1.64 bits per heavy atom. The van der Waals surface area contributed by atoms with E-state index in [0.29, 0.717) is 29.2 Å². The minimum atomic E-state index is -1.10. The monoisotopic (exact) mass is 489 g/mol. The molecule has 0 spiro atoms. The molecule has 9 nitrogen and oxygen atoms in total. The predicted molar refractivity (Wildman–Crippen MR) is 134 cm³/mol. The summed E-state index contributed by atoms with van der Waals surface area (Å²) in [6.07, 6.45) is 1.41. The van der Waals surface area contributed by atoms with Crippen molar-refractivity contribution in [1.82, 2.24) is 10.7 Å². The van der Waals surface area contributed by atoms with Crippen molar-refractivity contribution in [3.05, 3.63) is 95.6 Å². The number of hydrogen-bond donors (Lipinski definition) is 3. The van der Waals surface area contributed by atoms with E-state index in [1.807, 2.05) is 36.4 Å². The zero-order chi connectivity index (χ0) is 25.8. The molecule has 0 aromatic heterocycles. The van der Waals surface area contributed by atoms with Crippen molar-refractivity contribution < 1.29 is 29.0 Å². The average molecular weight is 490 g/mol. The summed E-state index contributed by atoms with van der Waals surface area (Å²) in [5, 5.41) is 15.7. The number of hydrogen-bond acceptors (Lipinski definition) is 6. The number of benzene rings is 3. The lowest BCUT2D eigenvalue weighted by Gasteiger charge is -2.18. The van der Waals surface area contributed by atoms with Gasteiger partial charge in [-0.25, -0.2) is 10.2 Å². The molecule has 3 aromatic rings. The van der Waals surface area contributed by atoms with Crippen molar-refractivity contribution >= 4 is 24.0 Å². The minimum absolute atomic E-state index is 0.0217. The highest BCUT2D eigenvalue weighted by Crippen LogP contribution is 2.28. The molecule has 1 atom stereocenters. The van der Waals surface area contributed by atoms with Gasteiger partial charge in [-0.1, -0.05) is 48.5 Å². The maximum Gasteiger partial charge on any atom is 0.341 e. The number of amides is 2. The topological polar surface area (TPSA) is 126 Å². The van der Waals surface area contributed by atoms with Crippen LogP contribution in [0.5, 0.6) is 11.5 Å². The van der Waals surface area contributed by atoms with E-state index in [2.05, 4.69) is 15.8 Å². The first-order chi connectivity index (χ1) is 17.5. The van der Waals surface area contributed by atoms with E-state index < -0.39 is 18.6 Å². The van der Waals surface area contributed by atoms with Gasteiger partial charge in [-0.3, -0.25) is 9.59 Å². The number of hydrazone groups is 1. The molecule has 3 rings (SSSR count). The van der Waals surface area contributed by atoms with Crippen molar-refractivity contribution in [2.75, 3.05) is 13.2 Å². The number of carbonyl (C=O) groups excluding carboxylic acids is 2. The predicted octanol–water partition coefficient (Wildman–Crippen LogP) is 3.56. The van der Waals surface area contributed by atoms with Gasteiger partial charge in [0, 0.05) is 5.56 Å². The first-order valence-electron chi connectivity index (χ1n) is 11.3. The number of rotatable bonds is 12. The Bertz CT molecular complexity index is 1200. The van der Waals surface area contributed by atoms with E-state index in [1.165, 1.54) is 6.21 Å². The maximum absolute atomic E-state index is 12.7. The highest BCUT2D eigenvalue weighted by molar-refractivity contribution is 5.94. The molecule has 0 aliphatic rings. The summed E-state index contributed by atoms with van der Waals surface area (Å²) in [5.74, 6) is -1.11. The summed E-state index contributed by atoms with van der Waals surface area (Å²) in [6, 6.07) is 22.3. The van der Waals surface area contributed by atoms with Crippen molar-refractivity contribution in [3.8, 4) is 11.5 Å². The van der Waals surface area contributed by atoms with Crippen LogP contribution >= 0.6 is 0 Å². The van der Waals surface area contributed by atoms with Gasteiger partial charge >= 0.3 is 5.97 Å². The summed E-state index contributed by atoms with van der Waals surface area (Å²) in [4.78, 5) is 36.1. The first-order valence-corrected chi connectivity index (χ1v) is 11.3. The Labute approximate surface area is 208 Å². The number of nitrogens with zero attached hydrogens (tertiary/aromatic N) is 1. The molecule has 186 valence electrons. The normalized spacial score (nSPS) is 11.5. The molecule has 0 radical (unpaired) electrons. The molecule has 9 heteroatoms. The van der Waals surface area contributed by atoms with Gasteiger partial charge in [-0.2, -0.15) is 5.10 Å². The van der Waals surface area contributed by atoms with Crippen LogP contribution in [0.1, 0.15) is 40.9 Å². The number of carboxylic acids is 1. The van der Waals surface area contributed by atoms with E-state index in [1.54, 1.807) is 49.4 Å². The molecule has 0 bridgehead atoms. The number of nitrogens with one attached hydrogen (secondary N) is 2. The molecule has 0 aliphatic carbocycles. The molecular weight excluding hydrogens is 462 g/mol. The van der Waals surface area contributed by atoms with Crippen LogP contribution < -0.4 is 20.2 Å². The first kappa shape index (κ1) is 26.0. The molecule has 0 unspecified atom stereocenters. The quantitative estimate of drug-likeness (QED) is 0.264. The summed E-state index contributed by atoms with van der Waals surface area (Å²) >= 11 is 0. The van der Waals surface area contributed by atoms with Crippen LogP contribution in [-0.2, 0) is 9.59 Å². The molecule has 0 aliphatic heterocycles. The standard InChI is InChI=1S/C27H27N3O6/c1-2-35-24-15-19(13-14-23(24)36-18-26(32)33)17-28-30-25(31)16-22(20-9-5-3-6-10-20)29-27(34)21-11-7-4-8-12-21/h3-15,17,22H,2,16,18H2,1H3,(H,29,34)(H,30,31)(H,32,33)/b28-17-/t22-/m1/s1. The lowest BCUT2D eigenvalue weighted by Crippen LogP contribution is -2.32. The molecule has 3 aromatic carbocycles. The second kappa shape index (κ2) is 13.3. The minimum Gasteiger partial charge on any atom is -0.490 e. The average Bonchev–Trinajstić information content (AvgIpc) is 2.89. The van der Waals surface area contributed by atoms with Gasteiger partial charge in [0.15, 0.2) is 18.1 Å². The summed E-state index contributed by atoms with van der Waals surface area (Å²) < 4.78 is 10.7. The van der Waals surface area contributed by atoms with Crippen LogP contribution in [0.3, 0.4) is 0 Å². The molecule has 0 fully saturated rings. The molecular formula is C27H27N3O6. The SMILES string of the molecule is CCOc1cc(/C=N\NC(=O)C[C@@H](NC(=O)c2ccccc2)c2ccccc2)ccc1OCC(=O)O. The number of aliphatic carboxylic acids is 1. The molecule has 2 amide bonds. The number of carbonyl (C=O) groups is 3. The van der Waals surface area contributed by atoms with E-state index in [-0.39, 0.29) is 18.2 Å². The van der Waals surface area contributed by atoms with E-state index >= 15 is 0 Å². The Morgan fingerprint density at radius 1 is 0.944 bits per heavy atom. The van der Waals surface area contributed by atoms with Gasteiger partial charge < -0.3 is 19.9 Å². The fourth-order valence-corrected chi connectivity index (χ4v) is 3.31. The smallest absolute Gasteiger partial charge is 0.341 e. The van der Waals surface area contributed by atoms with Gasteiger partial charge in [-0.05, 0) is 48.4 Å². The van der Waals surface area contributed by atoms with Crippen LogP contribution in [0.15, 0.2) is 84.0 Å². The Morgan fingerprint density at radius 3 is 2.31 bits per heavy atom. The fourth-order valence-electron chi connectivity index (χ4n) is 3.31. The molecule has 3 N–H and O–H groups in total. The lowest BCUT2D eigenvalue weighted by atomic mass is 10.0. The van der Waals surface area contributed by atoms with Crippen molar-refractivity contribution in [3.63, 3.8) is 0 Å². The summed E-state index contributed by atoms with van der Waals surface area (Å²) in [6.45, 7) is 1.66. The van der Waals surface area contributed by atoms with Crippen LogP contribution in [0.2, 0.25) is 0 Å². The van der Waals surface area contributed by atoms with Crippen molar-refractivity contribution in [2.45, 2.75) is 19.4 Å². The molecule has 36 heavy (non-hydrogen) atoms. The largest absolute Gasteiger partial charge is 0.490 e. The van der Waals surface area contributed by atoms with E-state index in [4.69, 9.17) is 14.6 Å². The second-order valence-electron chi connectivity index (χ2n) is 7.62. The Hall–Kier alpha value is -4.66. The zero-order valence-corrected chi connectivity index (χ0v) is 19.7. The Kier molecular flexibility index (Phi) is 9.58. The number of carboxylic acid groups (broad SMARTS) is 1. The lowest BCUT2D eigenvalue weighted by molar-refractivity contribution is -0.139. The highest BCUT2D eigenvalue weighted by atomic mass is 16.5. The molecule has 0 heterocycles. The van der Waals surface area contributed by atoms with E-state index in [9.17, 15) is 14.4 Å². The van der Waals surface area contributed by atoms with Gasteiger partial charge in [0.25, 0.3) is 5.91 Å². The van der Waals surface area contributed by atoms with Gasteiger partial charge in [0.05, 0.1) is 25.3 Å². The van der Waals surface area contributed by atoms with Crippen molar-refractivity contribution in [2.24, 2.45) is 5.10 Å². The third kappa shape index (κ3) is 7.98. The third-order valence-electron chi connectivity index (χ3n) is 4.95. The molecule has 0 saturated carbocycles. The third-order valence-corrected chi connectivity index (χ3v) is 4.95. The maximum atomic E-state index is 12.7. The van der Waals surface area contributed by atoms with Crippen LogP contribution in [0.4, 0.5) is 0 Å². The van der Waals surface area contributed by atoms with Crippen LogP contribution in [-0.4, -0.2) is 42.3 Å². The summed E-state index contributed by atoms with van der Waals surface area (Å²) in [7, 11) is 0.